The topological polar surface area (TPSA) is 56.5 Å². The van der Waals surface area contributed by atoms with Gasteiger partial charge in [-0.3, -0.25) is 11.3 Å². The quantitative estimate of drug-likeness (QED) is 0.615. The van der Waals surface area contributed by atoms with Crippen LogP contribution in [0.2, 0.25) is 0 Å². The van der Waals surface area contributed by atoms with E-state index in [0.717, 1.165) is 29.4 Å². The highest BCUT2D eigenvalue weighted by Gasteiger charge is 2.28. The zero-order valence-electron chi connectivity index (χ0n) is 9.82. The average Bonchev–Trinajstić information content (AvgIpc) is 3.19. The van der Waals surface area contributed by atoms with E-state index in [4.69, 9.17) is 15.3 Å². The van der Waals surface area contributed by atoms with Crippen molar-refractivity contribution in [1.82, 2.24) is 5.43 Å². The number of para-hydroxylation sites is 1. The second kappa shape index (κ2) is 4.55. The zero-order valence-corrected chi connectivity index (χ0v) is 9.82. The molecule has 1 aromatic rings. The predicted molar refractivity (Wildman–Crippen MR) is 64.8 cm³/mol. The van der Waals surface area contributed by atoms with E-state index in [2.05, 4.69) is 11.5 Å². The Morgan fingerprint density at radius 1 is 1.29 bits per heavy atom. The molecule has 0 saturated heterocycles. The first-order chi connectivity index (χ1) is 8.38. The van der Waals surface area contributed by atoms with Crippen molar-refractivity contribution in [3.05, 3.63) is 23.8 Å². The van der Waals surface area contributed by atoms with E-state index in [1.165, 1.54) is 12.8 Å². The third kappa shape index (κ3) is 2.23. The van der Waals surface area contributed by atoms with E-state index in [0.29, 0.717) is 13.2 Å². The molecule has 0 aromatic heterocycles. The van der Waals surface area contributed by atoms with Crippen molar-refractivity contribution in [2.24, 2.45) is 11.8 Å². The highest BCUT2D eigenvalue weighted by Crippen LogP contribution is 2.42. The zero-order chi connectivity index (χ0) is 11.7. The molecule has 0 radical (unpaired) electrons. The third-order valence-electron chi connectivity index (χ3n) is 3.44. The summed E-state index contributed by atoms with van der Waals surface area (Å²) in [4.78, 5) is 0. The van der Waals surface area contributed by atoms with Gasteiger partial charge in [0, 0.05) is 5.56 Å². The molecule has 1 aliphatic heterocycles. The third-order valence-corrected chi connectivity index (χ3v) is 3.44. The molecule has 17 heavy (non-hydrogen) atoms. The fraction of sp³-hybridized carbons (Fsp3) is 0.538. The van der Waals surface area contributed by atoms with Gasteiger partial charge in [-0.1, -0.05) is 25.0 Å². The summed E-state index contributed by atoms with van der Waals surface area (Å²) in [6.07, 6.45) is 3.73. The molecular formula is C13H18N2O2. The molecule has 0 spiro atoms. The number of nitrogens with one attached hydrogen (secondary N) is 1. The molecule has 1 unspecified atom stereocenters. The van der Waals surface area contributed by atoms with Crippen molar-refractivity contribution < 1.29 is 9.47 Å². The average molecular weight is 234 g/mol. The molecule has 4 nitrogen and oxygen atoms in total. The lowest BCUT2D eigenvalue weighted by atomic mass is 10.00. The first-order valence-electron chi connectivity index (χ1n) is 6.23. The van der Waals surface area contributed by atoms with Gasteiger partial charge in [-0.05, 0) is 18.4 Å². The molecule has 0 bridgehead atoms. The normalized spacial score (nSPS) is 20.1. The fourth-order valence-corrected chi connectivity index (χ4v) is 2.34. The van der Waals surface area contributed by atoms with Gasteiger partial charge < -0.3 is 9.47 Å². The molecule has 2 aliphatic rings. The summed E-state index contributed by atoms with van der Waals surface area (Å²) < 4.78 is 11.3. The van der Waals surface area contributed by atoms with Crippen molar-refractivity contribution >= 4 is 0 Å². The number of rotatable bonds is 4. The molecule has 1 atom stereocenters. The molecule has 4 heteroatoms. The van der Waals surface area contributed by atoms with Gasteiger partial charge in [0.1, 0.15) is 13.2 Å². The van der Waals surface area contributed by atoms with Gasteiger partial charge in [0.25, 0.3) is 0 Å². The van der Waals surface area contributed by atoms with Gasteiger partial charge in [-0.2, -0.15) is 0 Å². The van der Waals surface area contributed by atoms with Crippen molar-refractivity contribution in [3.63, 3.8) is 0 Å². The molecule has 3 rings (SSSR count). The van der Waals surface area contributed by atoms with Gasteiger partial charge in [-0.15, -0.1) is 0 Å². The van der Waals surface area contributed by atoms with Gasteiger partial charge >= 0.3 is 0 Å². The Morgan fingerprint density at radius 3 is 2.88 bits per heavy atom. The monoisotopic (exact) mass is 234 g/mol. The number of benzene rings is 1. The second-order valence-electron chi connectivity index (χ2n) is 4.77. The second-order valence-corrected chi connectivity index (χ2v) is 4.77. The molecule has 92 valence electrons. The van der Waals surface area contributed by atoms with Crippen LogP contribution in [0.3, 0.4) is 0 Å². The molecule has 1 fully saturated rings. The van der Waals surface area contributed by atoms with Crippen LogP contribution in [0.4, 0.5) is 0 Å². The lowest BCUT2D eigenvalue weighted by Gasteiger charge is -2.25. The molecule has 1 aliphatic carbocycles. The molecule has 1 heterocycles. The smallest absolute Gasteiger partial charge is 0.166 e. The summed E-state index contributed by atoms with van der Waals surface area (Å²) in [7, 11) is 0. The van der Waals surface area contributed by atoms with Crippen LogP contribution in [0, 0.1) is 5.92 Å². The Bertz CT molecular complexity index is 404. The summed E-state index contributed by atoms with van der Waals surface area (Å²) >= 11 is 0. The summed E-state index contributed by atoms with van der Waals surface area (Å²) in [5.41, 5.74) is 4.03. The lowest BCUT2D eigenvalue weighted by molar-refractivity contribution is 0.168. The first kappa shape index (κ1) is 10.9. The largest absolute Gasteiger partial charge is 0.486 e. The number of ether oxygens (including phenoxy) is 2. The Hall–Kier alpha value is -1.26. The van der Waals surface area contributed by atoms with Crippen LogP contribution in [0.5, 0.6) is 11.5 Å². The molecular weight excluding hydrogens is 216 g/mol. The first-order valence-corrected chi connectivity index (χ1v) is 6.23. The molecule has 1 aromatic carbocycles. The molecule has 0 amide bonds. The number of hydrazine groups is 1. The van der Waals surface area contributed by atoms with Crippen LogP contribution in [-0.4, -0.2) is 13.2 Å². The Balaban J connectivity index is 1.88. The van der Waals surface area contributed by atoms with Gasteiger partial charge in [-0.25, -0.2) is 0 Å². The Labute approximate surface area is 101 Å². The fourth-order valence-electron chi connectivity index (χ4n) is 2.34. The van der Waals surface area contributed by atoms with Crippen LogP contribution in [-0.2, 0) is 0 Å². The van der Waals surface area contributed by atoms with Crippen LogP contribution in [0.15, 0.2) is 18.2 Å². The maximum Gasteiger partial charge on any atom is 0.166 e. The van der Waals surface area contributed by atoms with Crippen molar-refractivity contribution in [2.45, 2.75) is 25.3 Å². The van der Waals surface area contributed by atoms with E-state index in [1.807, 2.05) is 12.1 Å². The van der Waals surface area contributed by atoms with E-state index < -0.39 is 0 Å². The maximum atomic E-state index is 5.72. The predicted octanol–water partition coefficient (Wildman–Crippen LogP) is 1.76. The van der Waals surface area contributed by atoms with Crippen molar-refractivity contribution in [3.8, 4) is 11.5 Å². The standard InChI is InChI=1S/C13H18N2O2/c14-15-11(8-9-4-5-9)10-2-1-3-12-13(10)17-7-6-16-12/h1-3,9,11,15H,4-8,14H2. The minimum Gasteiger partial charge on any atom is -0.486 e. The van der Waals surface area contributed by atoms with Gasteiger partial charge in [0.2, 0.25) is 0 Å². The number of fused-ring (bicyclic) bond motifs is 1. The highest BCUT2D eigenvalue weighted by molar-refractivity contribution is 5.48. The van der Waals surface area contributed by atoms with Crippen LogP contribution >= 0.6 is 0 Å². The summed E-state index contributed by atoms with van der Waals surface area (Å²) in [6, 6.07) is 6.18. The summed E-state index contributed by atoms with van der Waals surface area (Å²) in [6.45, 7) is 1.24. The van der Waals surface area contributed by atoms with Crippen molar-refractivity contribution in [1.29, 1.82) is 0 Å². The minimum absolute atomic E-state index is 0.166. The van der Waals surface area contributed by atoms with E-state index in [-0.39, 0.29) is 6.04 Å². The number of hydrogen-bond donors (Lipinski definition) is 2. The SMILES string of the molecule is NNC(CC1CC1)c1cccc2c1OCCO2. The van der Waals surface area contributed by atoms with E-state index in [1.54, 1.807) is 0 Å². The maximum absolute atomic E-state index is 5.72. The van der Waals surface area contributed by atoms with E-state index >= 15 is 0 Å². The van der Waals surface area contributed by atoms with Gasteiger partial charge in [0.05, 0.1) is 6.04 Å². The molecule has 1 saturated carbocycles. The van der Waals surface area contributed by atoms with E-state index in [9.17, 15) is 0 Å². The van der Waals surface area contributed by atoms with Crippen LogP contribution in [0.25, 0.3) is 0 Å². The van der Waals surface area contributed by atoms with Crippen LogP contribution in [0.1, 0.15) is 30.9 Å². The van der Waals surface area contributed by atoms with Gasteiger partial charge in [0.15, 0.2) is 11.5 Å². The highest BCUT2D eigenvalue weighted by atomic mass is 16.6. The summed E-state index contributed by atoms with van der Waals surface area (Å²) in [5.74, 6) is 8.18. The number of hydrogen-bond acceptors (Lipinski definition) is 4. The molecule has 3 N–H and O–H groups in total. The van der Waals surface area contributed by atoms with Crippen molar-refractivity contribution in [2.75, 3.05) is 13.2 Å². The Kier molecular flexibility index (Phi) is 2.91. The minimum atomic E-state index is 0.166. The lowest BCUT2D eigenvalue weighted by Crippen LogP contribution is -2.29. The summed E-state index contributed by atoms with van der Waals surface area (Å²) in [5, 5.41) is 0. The Morgan fingerprint density at radius 2 is 2.12 bits per heavy atom. The van der Waals surface area contributed by atoms with Crippen LogP contribution < -0.4 is 20.7 Å². The number of nitrogens with two attached hydrogens (primary N) is 1.